The Morgan fingerprint density at radius 2 is 1.81 bits per heavy atom. The maximum atomic E-state index is 14.6. The van der Waals surface area contributed by atoms with Crippen LogP contribution in [-0.4, -0.2) is 60.4 Å². The van der Waals surface area contributed by atoms with Crippen LogP contribution in [0.15, 0.2) is 54.7 Å². The van der Waals surface area contributed by atoms with Crippen LogP contribution in [0.25, 0.3) is 33.4 Å². The van der Waals surface area contributed by atoms with E-state index in [1.807, 2.05) is 6.07 Å². The summed E-state index contributed by atoms with van der Waals surface area (Å²) < 4.78 is 19.9. The van der Waals surface area contributed by atoms with Crippen molar-refractivity contribution in [2.75, 3.05) is 45.2 Å². The van der Waals surface area contributed by atoms with Crippen LogP contribution in [0.1, 0.15) is 0 Å². The number of nitrogens with one attached hydrogen (secondary N) is 1. The van der Waals surface area contributed by atoms with E-state index in [2.05, 4.69) is 56.3 Å². The second-order valence-corrected chi connectivity index (χ2v) is 7.84. The van der Waals surface area contributed by atoms with Gasteiger partial charge in [0.15, 0.2) is 0 Å². The number of ether oxygens (including phenoxy) is 1. The Labute approximate surface area is 180 Å². The minimum atomic E-state index is -0.368. The molecule has 1 saturated heterocycles. The van der Waals surface area contributed by atoms with Crippen molar-refractivity contribution >= 4 is 16.6 Å². The number of fused-ring (bicyclic) bond motifs is 1. The predicted molar refractivity (Wildman–Crippen MR) is 121 cm³/mol. The van der Waals surface area contributed by atoms with Crippen LogP contribution in [0.2, 0.25) is 0 Å². The van der Waals surface area contributed by atoms with E-state index in [0.29, 0.717) is 17.0 Å². The van der Waals surface area contributed by atoms with Crippen molar-refractivity contribution in [2.45, 2.75) is 0 Å². The van der Waals surface area contributed by atoms with Gasteiger partial charge in [-0.3, -0.25) is 10.1 Å². The minimum absolute atomic E-state index is 0.351. The van der Waals surface area contributed by atoms with Gasteiger partial charge in [0.2, 0.25) is 0 Å². The number of hydrogen-bond acceptors (Lipinski definition) is 5. The SMILES string of the molecule is COc1cccc(F)c1-c1cc2c(-c3ccc(N4CCN(C)CC4)cc3)n[nH]c2cn1. The molecule has 0 bridgehead atoms. The van der Waals surface area contributed by atoms with Gasteiger partial charge in [-0.1, -0.05) is 18.2 Å². The van der Waals surface area contributed by atoms with Crippen LogP contribution in [0.4, 0.5) is 10.1 Å². The second-order valence-electron chi connectivity index (χ2n) is 7.84. The van der Waals surface area contributed by atoms with E-state index in [0.717, 1.165) is 48.3 Å². The molecule has 0 atom stereocenters. The zero-order valence-corrected chi connectivity index (χ0v) is 17.6. The molecule has 2 aromatic heterocycles. The molecular formula is C24H24FN5O. The Bertz CT molecular complexity index is 1210. The van der Waals surface area contributed by atoms with E-state index in [1.54, 1.807) is 18.3 Å². The fourth-order valence-corrected chi connectivity index (χ4v) is 4.09. The Morgan fingerprint density at radius 3 is 2.55 bits per heavy atom. The van der Waals surface area contributed by atoms with Gasteiger partial charge >= 0.3 is 0 Å². The molecule has 1 N–H and O–H groups in total. The van der Waals surface area contributed by atoms with Gasteiger partial charge in [0.25, 0.3) is 0 Å². The molecule has 0 spiro atoms. The standard InChI is InChI=1S/C24H24FN5O/c1-29-10-12-30(13-11-29)17-8-6-16(7-9-17)24-18-14-20(26-15-21(18)27-28-24)23-19(25)4-3-5-22(23)31-2/h3-9,14-15H,10-13H2,1-2H3,(H,27,28). The number of pyridine rings is 1. The molecule has 0 amide bonds. The van der Waals surface area contributed by atoms with Gasteiger partial charge in [-0.2, -0.15) is 5.10 Å². The van der Waals surface area contributed by atoms with Gasteiger partial charge in [-0.25, -0.2) is 4.39 Å². The summed E-state index contributed by atoms with van der Waals surface area (Å²) in [5, 5.41) is 8.44. The second kappa shape index (κ2) is 8.00. The number of aromatic amines is 1. The Hall–Kier alpha value is -3.45. The number of nitrogens with zero attached hydrogens (tertiary/aromatic N) is 4. The molecule has 158 valence electrons. The van der Waals surface area contributed by atoms with Gasteiger partial charge in [0.1, 0.15) is 17.3 Å². The third-order valence-corrected chi connectivity index (χ3v) is 5.91. The number of piperazine rings is 1. The third-order valence-electron chi connectivity index (χ3n) is 5.91. The molecule has 0 saturated carbocycles. The summed E-state index contributed by atoms with van der Waals surface area (Å²) in [6.45, 7) is 4.20. The lowest BCUT2D eigenvalue weighted by Gasteiger charge is -2.34. The predicted octanol–water partition coefficient (Wildman–Crippen LogP) is 4.19. The first kappa shape index (κ1) is 19.5. The molecule has 1 aliphatic heterocycles. The van der Waals surface area contributed by atoms with Crippen LogP contribution in [0.5, 0.6) is 5.75 Å². The zero-order chi connectivity index (χ0) is 21.4. The van der Waals surface area contributed by atoms with Crippen molar-refractivity contribution in [1.82, 2.24) is 20.1 Å². The molecule has 6 nitrogen and oxygen atoms in total. The van der Waals surface area contributed by atoms with Gasteiger partial charge in [0.05, 0.1) is 30.1 Å². The highest BCUT2D eigenvalue weighted by molar-refractivity contribution is 5.95. The van der Waals surface area contributed by atoms with Crippen molar-refractivity contribution in [3.63, 3.8) is 0 Å². The van der Waals surface area contributed by atoms with Crippen LogP contribution in [0.3, 0.4) is 0 Å². The van der Waals surface area contributed by atoms with E-state index in [-0.39, 0.29) is 5.82 Å². The number of rotatable bonds is 4. The van der Waals surface area contributed by atoms with Crippen molar-refractivity contribution in [3.05, 3.63) is 60.5 Å². The molecule has 31 heavy (non-hydrogen) atoms. The average molecular weight is 417 g/mol. The fourth-order valence-electron chi connectivity index (χ4n) is 4.09. The lowest BCUT2D eigenvalue weighted by molar-refractivity contribution is 0.313. The number of methoxy groups -OCH3 is 1. The van der Waals surface area contributed by atoms with Gasteiger partial charge in [0, 0.05) is 42.8 Å². The first-order chi connectivity index (χ1) is 15.1. The smallest absolute Gasteiger partial charge is 0.136 e. The maximum Gasteiger partial charge on any atom is 0.136 e. The fraction of sp³-hybridized carbons (Fsp3) is 0.250. The molecule has 4 aromatic rings. The number of aromatic nitrogens is 3. The summed E-state index contributed by atoms with van der Waals surface area (Å²) in [7, 11) is 3.69. The summed E-state index contributed by atoms with van der Waals surface area (Å²) in [6.07, 6.45) is 1.69. The Kier molecular flexibility index (Phi) is 5.03. The number of H-pyrrole nitrogens is 1. The lowest BCUT2D eigenvalue weighted by atomic mass is 10.0. The topological polar surface area (TPSA) is 57.3 Å². The van der Waals surface area contributed by atoms with Crippen molar-refractivity contribution in [3.8, 4) is 28.3 Å². The summed E-state index contributed by atoms with van der Waals surface area (Å²) >= 11 is 0. The molecule has 1 aliphatic rings. The number of likely N-dealkylation sites (N-methyl/N-ethyl adjacent to an activating group) is 1. The Morgan fingerprint density at radius 1 is 1.03 bits per heavy atom. The lowest BCUT2D eigenvalue weighted by Crippen LogP contribution is -2.44. The Balaban J connectivity index is 1.51. The first-order valence-corrected chi connectivity index (χ1v) is 10.3. The molecule has 5 rings (SSSR count). The van der Waals surface area contributed by atoms with Gasteiger partial charge in [-0.15, -0.1) is 0 Å². The molecule has 0 unspecified atom stereocenters. The van der Waals surface area contributed by atoms with Crippen LogP contribution in [-0.2, 0) is 0 Å². The molecule has 0 radical (unpaired) electrons. The monoisotopic (exact) mass is 417 g/mol. The van der Waals surface area contributed by atoms with E-state index >= 15 is 0 Å². The van der Waals surface area contributed by atoms with Crippen molar-refractivity contribution < 1.29 is 9.13 Å². The molecule has 0 aliphatic carbocycles. The maximum absolute atomic E-state index is 14.6. The molecular weight excluding hydrogens is 393 g/mol. The number of benzene rings is 2. The van der Waals surface area contributed by atoms with Crippen LogP contribution < -0.4 is 9.64 Å². The van der Waals surface area contributed by atoms with Gasteiger partial charge in [-0.05, 0) is 37.4 Å². The molecule has 1 fully saturated rings. The highest BCUT2D eigenvalue weighted by atomic mass is 19.1. The number of anilines is 1. The normalized spacial score (nSPS) is 14.9. The van der Waals surface area contributed by atoms with Crippen molar-refractivity contribution in [2.24, 2.45) is 0 Å². The van der Waals surface area contributed by atoms with Crippen LogP contribution in [0, 0.1) is 5.82 Å². The largest absolute Gasteiger partial charge is 0.496 e. The van der Waals surface area contributed by atoms with E-state index < -0.39 is 0 Å². The highest BCUT2D eigenvalue weighted by Crippen LogP contribution is 2.35. The zero-order valence-electron chi connectivity index (χ0n) is 17.6. The molecule has 2 aromatic carbocycles. The summed E-state index contributed by atoms with van der Waals surface area (Å²) in [4.78, 5) is 9.18. The van der Waals surface area contributed by atoms with Crippen molar-refractivity contribution in [1.29, 1.82) is 0 Å². The third kappa shape index (κ3) is 3.61. The molecule has 3 heterocycles. The van der Waals surface area contributed by atoms with Gasteiger partial charge < -0.3 is 14.5 Å². The first-order valence-electron chi connectivity index (χ1n) is 10.3. The number of halogens is 1. The average Bonchev–Trinajstić information content (AvgIpc) is 3.23. The summed E-state index contributed by atoms with van der Waals surface area (Å²) in [5.41, 5.74) is 4.71. The molecule has 7 heteroatoms. The number of hydrogen-bond donors (Lipinski definition) is 1. The quantitative estimate of drug-likeness (QED) is 0.540. The summed E-state index contributed by atoms with van der Waals surface area (Å²) in [6, 6.07) is 15.1. The van der Waals surface area contributed by atoms with E-state index in [1.165, 1.54) is 18.9 Å². The summed E-state index contributed by atoms with van der Waals surface area (Å²) in [5.74, 6) is 0.0844. The minimum Gasteiger partial charge on any atom is -0.496 e. The van der Waals surface area contributed by atoms with Crippen LogP contribution >= 0.6 is 0 Å². The van der Waals surface area contributed by atoms with E-state index in [4.69, 9.17) is 4.74 Å². The highest BCUT2D eigenvalue weighted by Gasteiger charge is 2.17. The van der Waals surface area contributed by atoms with E-state index in [9.17, 15) is 4.39 Å².